The third-order valence-electron chi connectivity index (χ3n) is 6.05. The second-order valence-corrected chi connectivity index (χ2v) is 10.1. The zero-order chi connectivity index (χ0) is 22.5. The number of fused-ring (bicyclic) bond motifs is 3. The minimum absolute atomic E-state index is 0.0000817. The number of nitrogens with one attached hydrogen (secondary N) is 2. The predicted molar refractivity (Wildman–Crippen MR) is 121 cm³/mol. The van der Waals surface area contributed by atoms with E-state index in [9.17, 15) is 17.2 Å². The van der Waals surface area contributed by atoms with Gasteiger partial charge >= 0.3 is 0 Å². The Kier molecular flexibility index (Phi) is 5.18. The first-order valence-electron chi connectivity index (χ1n) is 10.1. The summed E-state index contributed by atoms with van der Waals surface area (Å²) in [5.41, 5.74) is 2.26. The van der Waals surface area contributed by atoms with E-state index >= 15 is 0 Å². The van der Waals surface area contributed by atoms with Crippen LogP contribution < -0.4 is 10.0 Å². The summed E-state index contributed by atoms with van der Waals surface area (Å²) in [6, 6.07) is 14.3. The molecule has 5 rings (SSSR count). The summed E-state index contributed by atoms with van der Waals surface area (Å²) in [5, 5.41) is 3.74. The second kappa shape index (κ2) is 7.90. The van der Waals surface area contributed by atoms with Crippen LogP contribution in [-0.2, 0) is 10.0 Å². The topological polar surface area (TPSA) is 58.2 Å². The van der Waals surface area contributed by atoms with Crippen molar-refractivity contribution in [2.75, 3.05) is 10.0 Å². The lowest BCUT2D eigenvalue weighted by Crippen LogP contribution is -2.30. The van der Waals surface area contributed by atoms with E-state index in [1.54, 1.807) is 24.3 Å². The summed E-state index contributed by atoms with van der Waals surface area (Å²) >= 11 is 6.34. The molecule has 0 fully saturated rings. The average Bonchev–Trinajstić information content (AvgIpc) is 3.25. The van der Waals surface area contributed by atoms with Crippen LogP contribution in [-0.4, -0.2) is 8.42 Å². The molecule has 1 aliphatic heterocycles. The van der Waals surface area contributed by atoms with Gasteiger partial charge in [-0.05, 0) is 72.5 Å². The van der Waals surface area contributed by atoms with Gasteiger partial charge in [0.25, 0.3) is 10.0 Å². The highest BCUT2D eigenvalue weighted by molar-refractivity contribution is 7.92. The molecule has 0 saturated heterocycles. The van der Waals surface area contributed by atoms with Crippen LogP contribution in [0.25, 0.3) is 0 Å². The predicted octanol–water partition coefficient (Wildman–Crippen LogP) is 6.25. The Morgan fingerprint density at radius 2 is 1.81 bits per heavy atom. The van der Waals surface area contributed by atoms with Crippen LogP contribution in [0, 0.1) is 17.6 Å². The Morgan fingerprint density at radius 1 is 1.03 bits per heavy atom. The molecule has 164 valence electrons. The Bertz CT molecular complexity index is 1310. The van der Waals surface area contributed by atoms with E-state index in [0.717, 1.165) is 17.7 Å². The van der Waals surface area contributed by atoms with Crippen molar-refractivity contribution >= 4 is 33.0 Å². The van der Waals surface area contributed by atoms with E-state index in [-0.39, 0.29) is 34.3 Å². The molecule has 0 radical (unpaired) electrons. The number of hydrogen-bond acceptors (Lipinski definition) is 3. The van der Waals surface area contributed by atoms with Crippen LogP contribution in [0.2, 0.25) is 5.02 Å². The van der Waals surface area contributed by atoms with E-state index in [1.165, 1.54) is 36.4 Å². The lowest BCUT2D eigenvalue weighted by Gasteiger charge is -2.38. The molecule has 2 N–H and O–H groups in total. The van der Waals surface area contributed by atoms with E-state index < -0.39 is 15.8 Å². The summed E-state index contributed by atoms with van der Waals surface area (Å²) in [6.45, 7) is 0. The molecule has 3 atom stereocenters. The monoisotopic (exact) mass is 472 g/mol. The standard InChI is InChI=1S/C24H19ClF2N2O2S/c25-20-5-2-6-21(27)23(20)24-18-4-1-3-17(18)19-13-16(11-12-22(19)28-24)32(30,31)29-15-9-7-14(26)8-10-15/h1-3,5-13,17-18,24,28-29H,4H2/t17-,18+,24-/m0/s1. The Morgan fingerprint density at radius 3 is 2.56 bits per heavy atom. The molecule has 1 heterocycles. The van der Waals surface area contributed by atoms with Crippen molar-refractivity contribution in [1.29, 1.82) is 0 Å². The number of anilines is 2. The minimum atomic E-state index is -3.87. The fourth-order valence-electron chi connectivity index (χ4n) is 4.57. The Balaban J connectivity index is 1.51. The van der Waals surface area contributed by atoms with Gasteiger partial charge in [-0.2, -0.15) is 0 Å². The molecule has 4 nitrogen and oxygen atoms in total. The van der Waals surface area contributed by atoms with Crippen LogP contribution in [0.4, 0.5) is 20.2 Å². The number of hydrogen-bond donors (Lipinski definition) is 2. The molecular formula is C24H19ClF2N2O2S. The molecule has 0 unspecified atom stereocenters. The quantitative estimate of drug-likeness (QED) is 0.441. The Labute approximate surface area is 190 Å². The number of allylic oxidation sites excluding steroid dienone is 2. The smallest absolute Gasteiger partial charge is 0.261 e. The highest BCUT2D eigenvalue weighted by Crippen LogP contribution is 2.51. The van der Waals surface area contributed by atoms with Crippen LogP contribution in [0.1, 0.15) is 29.5 Å². The first kappa shape index (κ1) is 21.0. The molecule has 8 heteroatoms. The van der Waals surface area contributed by atoms with Crippen molar-refractivity contribution < 1.29 is 17.2 Å². The molecule has 2 aliphatic rings. The largest absolute Gasteiger partial charge is 0.378 e. The van der Waals surface area contributed by atoms with Crippen LogP contribution in [0.15, 0.2) is 77.7 Å². The summed E-state index contributed by atoms with van der Waals surface area (Å²) in [7, 11) is -3.87. The third kappa shape index (κ3) is 3.65. The third-order valence-corrected chi connectivity index (χ3v) is 7.76. The fraction of sp³-hybridized carbons (Fsp3) is 0.167. The molecule has 3 aromatic rings. The summed E-state index contributed by atoms with van der Waals surface area (Å²) in [4.78, 5) is 0.101. The molecule has 0 saturated carbocycles. The van der Waals surface area contributed by atoms with Crippen molar-refractivity contribution in [2.45, 2.75) is 23.3 Å². The number of rotatable bonds is 4. The molecule has 0 spiro atoms. The van der Waals surface area contributed by atoms with E-state index in [2.05, 4.69) is 10.0 Å². The van der Waals surface area contributed by atoms with Crippen LogP contribution >= 0.6 is 11.6 Å². The number of halogens is 3. The molecule has 0 bridgehead atoms. The second-order valence-electron chi connectivity index (χ2n) is 7.97. The van der Waals surface area contributed by atoms with E-state index in [4.69, 9.17) is 11.6 Å². The van der Waals surface area contributed by atoms with Crippen LogP contribution in [0.5, 0.6) is 0 Å². The zero-order valence-electron chi connectivity index (χ0n) is 16.7. The summed E-state index contributed by atoms with van der Waals surface area (Å²) in [6.07, 6.45) is 4.79. The van der Waals surface area contributed by atoms with Gasteiger partial charge in [-0.1, -0.05) is 29.8 Å². The van der Waals surface area contributed by atoms with Crippen molar-refractivity contribution in [2.24, 2.45) is 5.92 Å². The zero-order valence-corrected chi connectivity index (χ0v) is 18.3. The van der Waals surface area contributed by atoms with Crippen molar-refractivity contribution in [3.8, 4) is 0 Å². The molecule has 0 aromatic heterocycles. The van der Waals surface area contributed by atoms with Crippen molar-refractivity contribution in [3.63, 3.8) is 0 Å². The first-order chi connectivity index (χ1) is 15.3. The molecule has 3 aromatic carbocycles. The average molecular weight is 473 g/mol. The molecular weight excluding hydrogens is 454 g/mol. The van der Waals surface area contributed by atoms with Gasteiger partial charge in [-0.15, -0.1) is 0 Å². The van der Waals surface area contributed by atoms with Gasteiger partial charge in [0.05, 0.1) is 10.9 Å². The highest BCUT2D eigenvalue weighted by Gasteiger charge is 2.40. The summed E-state index contributed by atoms with van der Waals surface area (Å²) in [5.74, 6) is -0.893. The number of sulfonamides is 1. The van der Waals surface area contributed by atoms with Gasteiger partial charge in [0, 0.05) is 27.9 Å². The molecule has 0 amide bonds. The van der Waals surface area contributed by atoms with E-state index in [0.29, 0.717) is 10.6 Å². The highest BCUT2D eigenvalue weighted by atomic mass is 35.5. The van der Waals surface area contributed by atoms with E-state index in [1.807, 2.05) is 12.2 Å². The normalized spacial score (nSPS) is 21.5. The number of benzene rings is 3. The van der Waals surface area contributed by atoms with Gasteiger partial charge in [0.15, 0.2) is 0 Å². The lowest BCUT2D eigenvalue weighted by atomic mass is 9.77. The van der Waals surface area contributed by atoms with Gasteiger partial charge in [-0.3, -0.25) is 4.72 Å². The van der Waals surface area contributed by atoms with Gasteiger partial charge in [-0.25, -0.2) is 17.2 Å². The van der Waals surface area contributed by atoms with Gasteiger partial charge in [0.1, 0.15) is 11.6 Å². The van der Waals surface area contributed by atoms with Crippen molar-refractivity contribution in [1.82, 2.24) is 0 Å². The Hall–Kier alpha value is -2.90. The maximum atomic E-state index is 14.7. The van der Waals surface area contributed by atoms with Crippen molar-refractivity contribution in [3.05, 3.63) is 101 Å². The van der Waals surface area contributed by atoms with Crippen LogP contribution in [0.3, 0.4) is 0 Å². The molecule has 32 heavy (non-hydrogen) atoms. The molecule has 1 aliphatic carbocycles. The lowest BCUT2D eigenvalue weighted by molar-refractivity contribution is 0.413. The van der Waals surface area contributed by atoms with Gasteiger partial charge < -0.3 is 5.32 Å². The summed E-state index contributed by atoms with van der Waals surface area (Å²) < 4.78 is 56.1. The fourth-order valence-corrected chi connectivity index (χ4v) is 5.94. The minimum Gasteiger partial charge on any atom is -0.378 e. The maximum Gasteiger partial charge on any atom is 0.261 e. The first-order valence-corrected chi connectivity index (χ1v) is 12.0. The SMILES string of the molecule is O=S(=O)(Nc1ccc(F)cc1)c1ccc2c(c1)[C@H]1C=CC[C@H]1[C@@H](c1c(F)cccc1Cl)N2. The van der Waals surface area contributed by atoms with Gasteiger partial charge in [0.2, 0.25) is 0 Å². The maximum absolute atomic E-state index is 14.7.